The van der Waals surface area contributed by atoms with E-state index in [0.29, 0.717) is 26.1 Å². The second-order valence-corrected chi connectivity index (χ2v) is 7.62. The molecule has 26 heavy (non-hydrogen) atoms. The molecule has 11 heteroatoms. The molecule has 10 nitrogen and oxygen atoms in total. The lowest BCUT2D eigenvalue weighted by molar-refractivity contribution is -0.387. The number of hydrogen-bond donors (Lipinski definition) is 3. The molecule has 1 aliphatic rings. The van der Waals surface area contributed by atoms with Gasteiger partial charge < -0.3 is 15.8 Å². The summed E-state index contributed by atoms with van der Waals surface area (Å²) in [5.74, 6) is -0.325. The number of nitro benzene ring substituents is 1. The van der Waals surface area contributed by atoms with Gasteiger partial charge >= 0.3 is 0 Å². The maximum Gasteiger partial charge on any atom is 0.289 e. The van der Waals surface area contributed by atoms with Gasteiger partial charge in [-0.05, 0) is 24.8 Å². The average Bonchev–Trinajstić information content (AvgIpc) is 2.65. The quantitative estimate of drug-likeness (QED) is 0.316. The lowest BCUT2D eigenvalue weighted by atomic mass is 9.92. The number of hydrogen-bond acceptors (Lipinski definition) is 7. The number of sulfonamides is 1. The molecule has 0 aromatic heterocycles. The molecule has 1 aromatic rings. The van der Waals surface area contributed by atoms with Crippen molar-refractivity contribution in [2.45, 2.75) is 23.8 Å². The predicted molar refractivity (Wildman–Crippen MR) is 92.8 cm³/mol. The number of ether oxygens (including phenoxy) is 1. The van der Waals surface area contributed by atoms with E-state index in [1.807, 2.05) is 0 Å². The van der Waals surface area contributed by atoms with Crippen molar-refractivity contribution in [1.29, 1.82) is 0 Å². The van der Waals surface area contributed by atoms with Gasteiger partial charge in [0.15, 0.2) is 4.90 Å². The van der Waals surface area contributed by atoms with Crippen LogP contribution in [0.4, 0.5) is 5.69 Å². The van der Waals surface area contributed by atoms with Crippen LogP contribution in [-0.4, -0.2) is 51.6 Å². The largest absolute Gasteiger partial charge is 0.381 e. The van der Waals surface area contributed by atoms with E-state index in [4.69, 9.17) is 10.5 Å². The van der Waals surface area contributed by atoms with Gasteiger partial charge in [0.1, 0.15) is 0 Å². The van der Waals surface area contributed by atoms with E-state index in [-0.39, 0.29) is 24.9 Å². The van der Waals surface area contributed by atoms with Gasteiger partial charge in [-0.15, -0.1) is 0 Å². The van der Waals surface area contributed by atoms with Gasteiger partial charge in [-0.2, -0.15) is 0 Å². The van der Waals surface area contributed by atoms with Crippen LogP contribution in [0.3, 0.4) is 0 Å². The van der Waals surface area contributed by atoms with E-state index < -0.39 is 31.6 Å². The van der Waals surface area contributed by atoms with Crippen molar-refractivity contribution in [1.82, 2.24) is 10.0 Å². The SMILES string of the molecule is NC(C(=O)NCCNS(=O)(=O)c1ccccc1[N+](=O)[O-])C1CCOCC1. The van der Waals surface area contributed by atoms with Gasteiger partial charge in [-0.3, -0.25) is 14.9 Å². The number of para-hydroxylation sites is 1. The lowest BCUT2D eigenvalue weighted by Crippen LogP contribution is -2.48. The number of carbonyl (C=O) groups excluding carboxylic acids is 1. The summed E-state index contributed by atoms with van der Waals surface area (Å²) in [4.78, 5) is 21.8. The Hall–Kier alpha value is -2.08. The zero-order chi connectivity index (χ0) is 19.2. The van der Waals surface area contributed by atoms with Crippen molar-refractivity contribution in [3.05, 3.63) is 34.4 Å². The van der Waals surface area contributed by atoms with Gasteiger partial charge in [0, 0.05) is 32.4 Å². The fourth-order valence-electron chi connectivity index (χ4n) is 2.69. The molecule has 1 atom stereocenters. The van der Waals surface area contributed by atoms with Crippen molar-refractivity contribution in [2.24, 2.45) is 11.7 Å². The number of carbonyl (C=O) groups is 1. The van der Waals surface area contributed by atoms with Crippen LogP contribution in [0.15, 0.2) is 29.2 Å². The van der Waals surface area contributed by atoms with Crippen LogP contribution in [0.5, 0.6) is 0 Å². The van der Waals surface area contributed by atoms with Crippen LogP contribution >= 0.6 is 0 Å². The van der Waals surface area contributed by atoms with Crippen LogP contribution in [0.1, 0.15) is 12.8 Å². The molecule has 0 saturated carbocycles. The van der Waals surface area contributed by atoms with Crippen molar-refractivity contribution < 1.29 is 22.9 Å². The molecule has 1 aliphatic heterocycles. The summed E-state index contributed by atoms with van der Waals surface area (Å²) in [5.41, 5.74) is 5.41. The minimum atomic E-state index is -4.07. The molecular weight excluding hydrogens is 364 g/mol. The molecule has 0 bridgehead atoms. The van der Waals surface area contributed by atoms with E-state index in [1.54, 1.807) is 0 Å². The third-order valence-corrected chi connectivity index (χ3v) is 5.65. The second-order valence-electron chi connectivity index (χ2n) is 5.89. The third-order valence-electron chi connectivity index (χ3n) is 4.14. The molecule has 1 unspecified atom stereocenters. The first-order valence-electron chi connectivity index (χ1n) is 8.17. The summed E-state index contributed by atoms with van der Waals surface area (Å²) in [6.45, 7) is 1.05. The smallest absolute Gasteiger partial charge is 0.289 e. The number of amides is 1. The first-order chi connectivity index (χ1) is 12.3. The highest BCUT2D eigenvalue weighted by Crippen LogP contribution is 2.22. The number of rotatable bonds is 8. The molecule has 4 N–H and O–H groups in total. The molecule has 0 radical (unpaired) electrons. The Bertz CT molecular complexity index is 748. The summed E-state index contributed by atoms with van der Waals surface area (Å²) >= 11 is 0. The summed E-state index contributed by atoms with van der Waals surface area (Å²) in [6.07, 6.45) is 1.41. The van der Waals surface area contributed by atoms with Crippen molar-refractivity contribution in [2.75, 3.05) is 26.3 Å². The number of nitrogens with one attached hydrogen (secondary N) is 2. The molecule has 1 saturated heterocycles. The Morgan fingerprint density at radius 3 is 2.62 bits per heavy atom. The van der Waals surface area contributed by atoms with E-state index in [0.717, 1.165) is 12.1 Å². The summed E-state index contributed by atoms with van der Waals surface area (Å²) in [6, 6.07) is 4.38. The number of nitro groups is 1. The normalized spacial score (nSPS) is 16.8. The molecule has 0 spiro atoms. The lowest BCUT2D eigenvalue weighted by Gasteiger charge is -2.26. The van der Waals surface area contributed by atoms with Crippen LogP contribution in [-0.2, 0) is 19.6 Å². The second kappa shape index (κ2) is 9.03. The van der Waals surface area contributed by atoms with E-state index in [2.05, 4.69) is 10.0 Å². The van der Waals surface area contributed by atoms with Gasteiger partial charge in [-0.1, -0.05) is 12.1 Å². The van der Waals surface area contributed by atoms with Crippen molar-refractivity contribution in [3.8, 4) is 0 Å². The van der Waals surface area contributed by atoms with Gasteiger partial charge in [0.25, 0.3) is 5.69 Å². The Morgan fingerprint density at radius 1 is 1.31 bits per heavy atom. The first kappa shape index (κ1) is 20.2. The minimum absolute atomic E-state index is 0.0234. The zero-order valence-electron chi connectivity index (χ0n) is 14.1. The Morgan fingerprint density at radius 2 is 1.96 bits per heavy atom. The monoisotopic (exact) mass is 386 g/mol. The molecule has 2 rings (SSSR count). The highest BCUT2D eigenvalue weighted by Gasteiger charge is 2.27. The van der Waals surface area contributed by atoms with E-state index in [1.165, 1.54) is 12.1 Å². The maximum atomic E-state index is 12.2. The van der Waals surface area contributed by atoms with Gasteiger partial charge in [0.05, 0.1) is 11.0 Å². The molecule has 1 amide bonds. The van der Waals surface area contributed by atoms with Gasteiger partial charge in [-0.25, -0.2) is 13.1 Å². The number of benzene rings is 1. The van der Waals surface area contributed by atoms with Gasteiger partial charge in [0.2, 0.25) is 15.9 Å². The van der Waals surface area contributed by atoms with E-state index >= 15 is 0 Å². The average molecular weight is 386 g/mol. The molecule has 1 aromatic carbocycles. The van der Waals surface area contributed by atoms with Crippen molar-refractivity contribution in [3.63, 3.8) is 0 Å². The third kappa shape index (κ3) is 5.21. The zero-order valence-corrected chi connectivity index (χ0v) is 14.9. The topological polar surface area (TPSA) is 154 Å². The Balaban J connectivity index is 1.85. The summed E-state index contributed by atoms with van der Waals surface area (Å²) < 4.78 is 31.9. The summed E-state index contributed by atoms with van der Waals surface area (Å²) in [5, 5.41) is 13.5. The highest BCUT2D eigenvalue weighted by atomic mass is 32.2. The fourth-order valence-corrected chi connectivity index (χ4v) is 3.89. The Kier molecular flexibility index (Phi) is 7.03. The molecule has 1 fully saturated rings. The van der Waals surface area contributed by atoms with E-state index in [9.17, 15) is 23.3 Å². The highest BCUT2D eigenvalue weighted by molar-refractivity contribution is 7.89. The maximum absolute atomic E-state index is 12.2. The van der Waals surface area contributed by atoms with Crippen LogP contribution in [0.25, 0.3) is 0 Å². The molecule has 0 aliphatic carbocycles. The molecule has 144 valence electrons. The number of nitrogens with zero attached hydrogens (tertiary/aromatic N) is 1. The van der Waals surface area contributed by atoms with Crippen LogP contribution in [0, 0.1) is 16.0 Å². The fraction of sp³-hybridized carbons (Fsp3) is 0.533. The number of nitrogens with two attached hydrogens (primary N) is 1. The molecular formula is C15H22N4O6S. The predicted octanol–water partition coefficient (Wildman–Crippen LogP) is -0.257. The van der Waals surface area contributed by atoms with Crippen molar-refractivity contribution >= 4 is 21.6 Å². The van der Waals surface area contributed by atoms with Crippen LogP contribution < -0.4 is 15.8 Å². The minimum Gasteiger partial charge on any atom is -0.381 e. The Labute approximate surface area is 151 Å². The van der Waals surface area contributed by atoms with Crippen LogP contribution in [0.2, 0.25) is 0 Å². The summed E-state index contributed by atoms with van der Waals surface area (Å²) in [7, 11) is -4.07. The first-order valence-corrected chi connectivity index (χ1v) is 9.65. The standard InChI is InChI=1S/C15H22N4O6S/c16-14(11-5-9-25-10-6-11)15(20)17-7-8-18-26(23,24)13-4-2-1-3-12(13)19(21)22/h1-4,11,14,18H,5-10,16H2,(H,17,20). The molecule has 1 heterocycles.